The van der Waals surface area contributed by atoms with Gasteiger partial charge in [0.15, 0.2) is 0 Å². The third-order valence-electron chi connectivity index (χ3n) is 3.95. The van der Waals surface area contributed by atoms with Crippen LogP contribution in [0.25, 0.3) is 0 Å². The van der Waals surface area contributed by atoms with E-state index in [1.54, 1.807) is 11.1 Å². The minimum absolute atomic E-state index is 0.846. The van der Waals surface area contributed by atoms with Gasteiger partial charge in [-0.15, -0.1) is 0 Å². The van der Waals surface area contributed by atoms with Crippen LogP contribution in [0.1, 0.15) is 24.0 Å². The standard InChI is InChI=1S/C15H22N2/c1-2-4-14-8-11-17(10-7-13(14)3-1)12-9-16-15-5-6-15/h1-4,15-16H,5-12H2. The quantitative estimate of drug-likeness (QED) is 0.849. The van der Waals surface area contributed by atoms with Crippen molar-refractivity contribution in [2.75, 3.05) is 26.2 Å². The summed E-state index contributed by atoms with van der Waals surface area (Å²) in [6, 6.07) is 9.77. The fourth-order valence-electron chi connectivity index (χ4n) is 2.65. The molecule has 2 aliphatic rings. The summed E-state index contributed by atoms with van der Waals surface area (Å²) in [6.45, 7) is 4.83. The summed E-state index contributed by atoms with van der Waals surface area (Å²) in [5.41, 5.74) is 3.12. The molecule has 1 aliphatic heterocycles. The van der Waals surface area contributed by atoms with Crippen molar-refractivity contribution < 1.29 is 0 Å². The average molecular weight is 230 g/mol. The van der Waals surface area contributed by atoms with Crippen LogP contribution in [0.5, 0.6) is 0 Å². The Kier molecular flexibility index (Phi) is 3.44. The maximum absolute atomic E-state index is 3.60. The van der Waals surface area contributed by atoms with Crippen molar-refractivity contribution in [2.45, 2.75) is 31.7 Å². The molecule has 1 heterocycles. The van der Waals surface area contributed by atoms with Crippen LogP contribution in [-0.2, 0) is 12.8 Å². The number of hydrogen-bond acceptors (Lipinski definition) is 2. The summed E-state index contributed by atoms with van der Waals surface area (Å²) in [7, 11) is 0. The van der Waals surface area contributed by atoms with Crippen LogP contribution in [0, 0.1) is 0 Å². The lowest BCUT2D eigenvalue weighted by Crippen LogP contribution is -2.34. The lowest BCUT2D eigenvalue weighted by Gasteiger charge is -2.19. The molecule has 1 aromatic rings. The number of nitrogens with zero attached hydrogens (tertiary/aromatic N) is 1. The summed E-state index contributed by atoms with van der Waals surface area (Å²) in [5.74, 6) is 0. The van der Waals surface area contributed by atoms with Crippen LogP contribution < -0.4 is 5.32 Å². The molecule has 0 aromatic heterocycles. The van der Waals surface area contributed by atoms with Crippen molar-refractivity contribution in [3.63, 3.8) is 0 Å². The third kappa shape index (κ3) is 3.08. The Bertz CT molecular complexity index is 344. The normalized spacial score (nSPS) is 20.9. The fraction of sp³-hybridized carbons (Fsp3) is 0.600. The minimum Gasteiger partial charge on any atom is -0.313 e. The predicted molar refractivity (Wildman–Crippen MR) is 71.3 cm³/mol. The lowest BCUT2D eigenvalue weighted by atomic mass is 10.0. The molecule has 0 bridgehead atoms. The van der Waals surface area contributed by atoms with Gasteiger partial charge in [0.05, 0.1) is 0 Å². The zero-order valence-corrected chi connectivity index (χ0v) is 10.5. The molecule has 1 aromatic carbocycles. The Morgan fingerprint density at radius 2 is 1.71 bits per heavy atom. The molecule has 17 heavy (non-hydrogen) atoms. The van der Waals surface area contributed by atoms with Gasteiger partial charge in [0.25, 0.3) is 0 Å². The molecule has 0 saturated heterocycles. The van der Waals surface area contributed by atoms with Crippen molar-refractivity contribution >= 4 is 0 Å². The van der Waals surface area contributed by atoms with Crippen molar-refractivity contribution in [2.24, 2.45) is 0 Å². The zero-order chi connectivity index (χ0) is 11.5. The molecule has 0 radical (unpaired) electrons. The second kappa shape index (κ2) is 5.19. The third-order valence-corrected chi connectivity index (χ3v) is 3.95. The molecule has 0 spiro atoms. The molecule has 0 atom stereocenters. The highest BCUT2D eigenvalue weighted by Gasteiger charge is 2.20. The molecule has 92 valence electrons. The Hall–Kier alpha value is -0.860. The van der Waals surface area contributed by atoms with E-state index in [1.807, 2.05) is 0 Å². The molecule has 1 aliphatic carbocycles. The number of hydrogen-bond donors (Lipinski definition) is 1. The van der Waals surface area contributed by atoms with E-state index in [9.17, 15) is 0 Å². The van der Waals surface area contributed by atoms with E-state index >= 15 is 0 Å². The highest BCUT2D eigenvalue weighted by Crippen LogP contribution is 2.18. The smallest absolute Gasteiger partial charge is 0.0107 e. The number of rotatable bonds is 4. The Labute approximate surface area is 104 Å². The fourth-order valence-corrected chi connectivity index (χ4v) is 2.65. The maximum atomic E-state index is 3.60. The van der Waals surface area contributed by atoms with Crippen LogP contribution in [0.3, 0.4) is 0 Å². The second-order valence-corrected chi connectivity index (χ2v) is 5.34. The molecule has 2 heteroatoms. The monoisotopic (exact) mass is 230 g/mol. The molecular weight excluding hydrogens is 208 g/mol. The van der Waals surface area contributed by atoms with E-state index in [0.29, 0.717) is 0 Å². The van der Waals surface area contributed by atoms with E-state index < -0.39 is 0 Å². The van der Waals surface area contributed by atoms with E-state index in [1.165, 1.54) is 51.9 Å². The summed E-state index contributed by atoms with van der Waals surface area (Å²) in [6.07, 6.45) is 5.23. The lowest BCUT2D eigenvalue weighted by molar-refractivity contribution is 0.286. The van der Waals surface area contributed by atoms with E-state index in [0.717, 1.165) is 6.04 Å². The van der Waals surface area contributed by atoms with E-state index in [2.05, 4.69) is 34.5 Å². The summed E-state index contributed by atoms with van der Waals surface area (Å²) >= 11 is 0. The molecule has 0 amide bonds. The highest BCUT2D eigenvalue weighted by atomic mass is 15.1. The van der Waals surface area contributed by atoms with Crippen molar-refractivity contribution in [1.29, 1.82) is 0 Å². The molecule has 1 saturated carbocycles. The SMILES string of the molecule is c1ccc2c(c1)CCN(CCNC1CC1)CC2. The van der Waals surface area contributed by atoms with Crippen molar-refractivity contribution in [1.82, 2.24) is 10.2 Å². The van der Waals surface area contributed by atoms with Crippen LogP contribution in [-0.4, -0.2) is 37.1 Å². The van der Waals surface area contributed by atoms with Gasteiger partial charge in [0.2, 0.25) is 0 Å². The van der Waals surface area contributed by atoms with E-state index in [-0.39, 0.29) is 0 Å². The molecule has 2 nitrogen and oxygen atoms in total. The van der Waals surface area contributed by atoms with Gasteiger partial charge >= 0.3 is 0 Å². The Balaban J connectivity index is 1.50. The molecular formula is C15H22N2. The number of benzene rings is 1. The van der Waals surface area contributed by atoms with Crippen LogP contribution in [0.2, 0.25) is 0 Å². The van der Waals surface area contributed by atoms with Gasteiger partial charge in [-0.1, -0.05) is 24.3 Å². The van der Waals surface area contributed by atoms with E-state index in [4.69, 9.17) is 0 Å². The molecule has 1 fully saturated rings. The summed E-state index contributed by atoms with van der Waals surface area (Å²) < 4.78 is 0. The van der Waals surface area contributed by atoms with Gasteiger partial charge in [-0.25, -0.2) is 0 Å². The van der Waals surface area contributed by atoms with Gasteiger partial charge in [-0.05, 0) is 36.8 Å². The largest absolute Gasteiger partial charge is 0.313 e. The summed E-state index contributed by atoms with van der Waals surface area (Å²) in [5, 5.41) is 3.60. The first-order chi connectivity index (χ1) is 8.42. The number of fused-ring (bicyclic) bond motifs is 1. The average Bonchev–Trinajstić information content (AvgIpc) is 3.17. The second-order valence-electron chi connectivity index (χ2n) is 5.34. The van der Waals surface area contributed by atoms with Crippen LogP contribution >= 0.6 is 0 Å². The number of nitrogens with one attached hydrogen (secondary N) is 1. The topological polar surface area (TPSA) is 15.3 Å². The Morgan fingerprint density at radius 1 is 1.06 bits per heavy atom. The van der Waals surface area contributed by atoms with Gasteiger partial charge in [-0.3, -0.25) is 0 Å². The molecule has 3 rings (SSSR count). The first kappa shape index (κ1) is 11.2. The van der Waals surface area contributed by atoms with Gasteiger partial charge < -0.3 is 10.2 Å². The first-order valence-corrected chi connectivity index (χ1v) is 6.94. The predicted octanol–water partition coefficient (Wildman–Crippen LogP) is 1.84. The highest BCUT2D eigenvalue weighted by molar-refractivity contribution is 5.28. The van der Waals surface area contributed by atoms with Crippen molar-refractivity contribution in [3.8, 4) is 0 Å². The molecule has 1 N–H and O–H groups in total. The van der Waals surface area contributed by atoms with Gasteiger partial charge in [-0.2, -0.15) is 0 Å². The maximum Gasteiger partial charge on any atom is 0.0107 e. The van der Waals surface area contributed by atoms with Crippen molar-refractivity contribution in [3.05, 3.63) is 35.4 Å². The van der Waals surface area contributed by atoms with Gasteiger partial charge in [0.1, 0.15) is 0 Å². The zero-order valence-electron chi connectivity index (χ0n) is 10.5. The minimum atomic E-state index is 0.846. The Morgan fingerprint density at radius 3 is 2.29 bits per heavy atom. The molecule has 0 unspecified atom stereocenters. The summed E-state index contributed by atoms with van der Waals surface area (Å²) in [4.78, 5) is 2.61. The van der Waals surface area contributed by atoms with Gasteiger partial charge in [0, 0.05) is 32.2 Å². The van der Waals surface area contributed by atoms with Crippen LogP contribution in [0.4, 0.5) is 0 Å². The first-order valence-electron chi connectivity index (χ1n) is 6.94. The van der Waals surface area contributed by atoms with Crippen LogP contribution in [0.15, 0.2) is 24.3 Å².